The Kier molecular flexibility index (Phi) is 3.54. The first kappa shape index (κ1) is 11.1. The zero-order chi connectivity index (χ0) is 11.4. The van der Waals surface area contributed by atoms with Gasteiger partial charge in [-0.05, 0) is 17.7 Å². The molecular weight excluding hydrogens is 204 g/mol. The Bertz CT molecular complexity index is 356. The summed E-state index contributed by atoms with van der Waals surface area (Å²) in [5, 5.41) is 0. The first-order valence-corrected chi connectivity index (χ1v) is 5.47. The molecule has 0 radical (unpaired) electrons. The Labute approximate surface area is 95.0 Å². The predicted molar refractivity (Wildman–Crippen MR) is 61.1 cm³/mol. The zero-order valence-electron chi connectivity index (χ0n) is 9.19. The SMILES string of the molecule is NCc1ccc(C(=O)N2CCOCC2)cc1. The van der Waals surface area contributed by atoms with Crippen LogP contribution in [0.2, 0.25) is 0 Å². The van der Waals surface area contributed by atoms with E-state index in [-0.39, 0.29) is 5.91 Å². The first-order chi connectivity index (χ1) is 7.81. The van der Waals surface area contributed by atoms with Crippen LogP contribution in [-0.2, 0) is 11.3 Å². The van der Waals surface area contributed by atoms with E-state index in [1.54, 1.807) is 0 Å². The van der Waals surface area contributed by atoms with Crippen molar-refractivity contribution in [2.45, 2.75) is 6.54 Å². The number of carbonyl (C=O) groups is 1. The van der Waals surface area contributed by atoms with E-state index >= 15 is 0 Å². The average Bonchev–Trinajstić information content (AvgIpc) is 2.39. The van der Waals surface area contributed by atoms with Crippen molar-refractivity contribution in [1.82, 2.24) is 4.90 Å². The smallest absolute Gasteiger partial charge is 0.254 e. The van der Waals surface area contributed by atoms with Crippen molar-refractivity contribution in [2.24, 2.45) is 5.73 Å². The summed E-state index contributed by atoms with van der Waals surface area (Å²) >= 11 is 0. The molecule has 0 aromatic heterocycles. The molecule has 1 aliphatic rings. The quantitative estimate of drug-likeness (QED) is 0.794. The van der Waals surface area contributed by atoms with Crippen molar-refractivity contribution in [2.75, 3.05) is 26.3 Å². The maximum atomic E-state index is 12.0. The summed E-state index contributed by atoms with van der Waals surface area (Å²) in [7, 11) is 0. The lowest BCUT2D eigenvalue weighted by atomic mass is 10.1. The number of amides is 1. The summed E-state index contributed by atoms with van der Waals surface area (Å²) < 4.78 is 5.21. The molecule has 2 N–H and O–H groups in total. The minimum Gasteiger partial charge on any atom is -0.378 e. The van der Waals surface area contributed by atoms with E-state index in [1.165, 1.54) is 0 Å². The highest BCUT2D eigenvalue weighted by atomic mass is 16.5. The highest BCUT2D eigenvalue weighted by Gasteiger charge is 2.17. The molecule has 4 heteroatoms. The fourth-order valence-corrected chi connectivity index (χ4v) is 1.73. The lowest BCUT2D eigenvalue weighted by Crippen LogP contribution is -2.40. The van der Waals surface area contributed by atoms with Crippen LogP contribution in [0.4, 0.5) is 0 Å². The molecule has 1 aliphatic heterocycles. The molecule has 0 unspecified atom stereocenters. The van der Waals surface area contributed by atoms with Gasteiger partial charge in [-0.3, -0.25) is 4.79 Å². The molecule has 0 atom stereocenters. The van der Waals surface area contributed by atoms with Gasteiger partial charge in [-0.1, -0.05) is 12.1 Å². The molecular formula is C12H16N2O2. The number of benzene rings is 1. The maximum absolute atomic E-state index is 12.0. The average molecular weight is 220 g/mol. The third-order valence-electron chi connectivity index (χ3n) is 2.73. The van der Waals surface area contributed by atoms with Gasteiger partial charge in [0.25, 0.3) is 5.91 Å². The van der Waals surface area contributed by atoms with Gasteiger partial charge in [0.2, 0.25) is 0 Å². The Morgan fingerprint density at radius 2 is 1.88 bits per heavy atom. The molecule has 1 amide bonds. The van der Waals surface area contributed by atoms with Gasteiger partial charge in [0.05, 0.1) is 13.2 Å². The van der Waals surface area contributed by atoms with E-state index in [0.29, 0.717) is 32.8 Å². The van der Waals surface area contributed by atoms with Crippen LogP contribution in [0.1, 0.15) is 15.9 Å². The minimum atomic E-state index is 0.0758. The van der Waals surface area contributed by atoms with Gasteiger partial charge in [-0.2, -0.15) is 0 Å². The lowest BCUT2D eigenvalue weighted by molar-refractivity contribution is 0.0303. The van der Waals surface area contributed by atoms with Gasteiger partial charge in [0.1, 0.15) is 0 Å². The van der Waals surface area contributed by atoms with Crippen LogP contribution >= 0.6 is 0 Å². The summed E-state index contributed by atoms with van der Waals surface area (Å²) in [6, 6.07) is 7.46. The molecule has 1 aromatic rings. The highest BCUT2D eigenvalue weighted by molar-refractivity contribution is 5.94. The van der Waals surface area contributed by atoms with Crippen LogP contribution in [-0.4, -0.2) is 37.1 Å². The summed E-state index contributed by atoms with van der Waals surface area (Å²) in [6.45, 7) is 3.13. The fourth-order valence-electron chi connectivity index (χ4n) is 1.73. The second-order valence-electron chi connectivity index (χ2n) is 3.81. The van der Waals surface area contributed by atoms with Crippen molar-refractivity contribution in [3.63, 3.8) is 0 Å². The Hall–Kier alpha value is -1.39. The van der Waals surface area contributed by atoms with Crippen LogP contribution in [0.5, 0.6) is 0 Å². The standard InChI is InChI=1S/C12H16N2O2/c13-9-10-1-3-11(4-2-10)12(15)14-5-7-16-8-6-14/h1-4H,5-9,13H2. The van der Waals surface area contributed by atoms with Gasteiger partial charge in [0, 0.05) is 25.2 Å². The molecule has 4 nitrogen and oxygen atoms in total. The number of morpholine rings is 1. The van der Waals surface area contributed by atoms with Crippen LogP contribution < -0.4 is 5.73 Å². The Morgan fingerprint density at radius 3 is 2.44 bits per heavy atom. The van der Waals surface area contributed by atoms with Crippen molar-refractivity contribution >= 4 is 5.91 Å². The lowest BCUT2D eigenvalue weighted by Gasteiger charge is -2.26. The molecule has 1 fully saturated rings. The Balaban J connectivity index is 2.07. The van der Waals surface area contributed by atoms with E-state index in [9.17, 15) is 4.79 Å². The second-order valence-corrected chi connectivity index (χ2v) is 3.81. The van der Waals surface area contributed by atoms with Gasteiger partial charge >= 0.3 is 0 Å². The van der Waals surface area contributed by atoms with Crippen LogP contribution in [0.15, 0.2) is 24.3 Å². The third-order valence-corrected chi connectivity index (χ3v) is 2.73. The van der Waals surface area contributed by atoms with Gasteiger partial charge in [0.15, 0.2) is 0 Å². The zero-order valence-corrected chi connectivity index (χ0v) is 9.19. The molecule has 0 aliphatic carbocycles. The van der Waals surface area contributed by atoms with E-state index in [0.717, 1.165) is 11.1 Å². The van der Waals surface area contributed by atoms with Crippen molar-refractivity contribution in [1.29, 1.82) is 0 Å². The van der Waals surface area contributed by atoms with Gasteiger partial charge < -0.3 is 15.4 Å². The monoisotopic (exact) mass is 220 g/mol. The number of hydrogen-bond donors (Lipinski definition) is 1. The van der Waals surface area contributed by atoms with Gasteiger partial charge in [-0.15, -0.1) is 0 Å². The molecule has 0 bridgehead atoms. The van der Waals surface area contributed by atoms with E-state index in [2.05, 4.69) is 0 Å². The molecule has 1 heterocycles. The van der Waals surface area contributed by atoms with Crippen molar-refractivity contribution < 1.29 is 9.53 Å². The number of nitrogens with two attached hydrogens (primary N) is 1. The molecule has 1 saturated heterocycles. The summed E-state index contributed by atoms with van der Waals surface area (Å²) in [4.78, 5) is 13.9. The van der Waals surface area contributed by atoms with Crippen LogP contribution in [0.3, 0.4) is 0 Å². The predicted octanol–water partition coefficient (Wildman–Crippen LogP) is 0.618. The summed E-state index contributed by atoms with van der Waals surface area (Å²) in [5.41, 5.74) is 7.27. The number of hydrogen-bond acceptors (Lipinski definition) is 3. The number of nitrogens with zero attached hydrogens (tertiary/aromatic N) is 1. The topological polar surface area (TPSA) is 55.6 Å². The molecule has 2 rings (SSSR count). The minimum absolute atomic E-state index is 0.0758. The van der Waals surface area contributed by atoms with E-state index < -0.39 is 0 Å². The number of carbonyl (C=O) groups excluding carboxylic acids is 1. The molecule has 86 valence electrons. The van der Waals surface area contributed by atoms with Crippen LogP contribution in [0, 0.1) is 0 Å². The molecule has 0 saturated carbocycles. The Morgan fingerprint density at radius 1 is 1.25 bits per heavy atom. The number of rotatable bonds is 2. The molecule has 0 spiro atoms. The highest BCUT2D eigenvalue weighted by Crippen LogP contribution is 2.09. The molecule has 16 heavy (non-hydrogen) atoms. The van der Waals surface area contributed by atoms with Crippen LogP contribution in [0.25, 0.3) is 0 Å². The second kappa shape index (κ2) is 5.09. The van der Waals surface area contributed by atoms with Crippen molar-refractivity contribution in [3.05, 3.63) is 35.4 Å². The number of ether oxygens (including phenoxy) is 1. The third kappa shape index (κ3) is 2.40. The normalized spacial score (nSPS) is 16.2. The summed E-state index contributed by atoms with van der Waals surface area (Å²) in [6.07, 6.45) is 0. The summed E-state index contributed by atoms with van der Waals surface area (Å²) in [5.74, 6) is 0.0758. The largest absolute Gasteiger partial charge is 0.378 e. The van der Waals surface area contributed by atoms with Crippen molar-refractivity contribution in [3.8, 4) is 0 Å². The first-order valence-electron chi connectivity index (χ1n) is 5.47. The van der Waals surface area contributed by atoms with E-state index in [4.69, 9.17) is 10.5 Å². The van der Waals surface area contributed by atoms with E-state index in [1.807, 2.05) is 29.2 Å². The van der Waals surface area contributed by atoms with Gasteiger partial charge in [-0.25, -0.2) is 0 Å². The maximum Gasteiger partial charge on any atom is 0.254 e. The fraction of sp³-hybridized carbons (Fsp3) is 0.417. The molecule has 1 aromatic carbocycles.